The molecule has 1 aromatic carbocycles. The standard InChI is InChI=1S/C19H19NO3S/c1-11-6-16(23-9-14-5-4-12(2)20-13(14)3)8-17-19(11)15(10-24-17)7-18(21)22/h4-6,8,10H,7,9H2,1-3H3,(H,21,22). The van der Waals surface area contributed by atoms with Gasteiger partial charge in [-0.2, -0.15) is 0 Å². The third-order valence-corrected chi connectivity index (χ3v) is 4.97. The highest BCUT2D eigenvalue weighted by Crippen LogP contribution is 2.33. The summed E-state index contributed by atoms with van der Waals surface area (Å²) in [6, 6.07) is 7.98. The summed E-state index contributed by atoms with van der Waals surface area (Å²) in [6.07, 6.45) is 0.0509. The van der Waals surface area contributed by atoms with E-state index in [1.54, 1.807) is 11.3 Å². The molecule has 0 unspecified atom stereocenters. The van der Waals surface area contributed by atoms with Crippen LogP contribution in [0.5, 0.6) is 5.75 Å². The minimum absolute atomic E-state index is 0.0509. The van der Waals surface area contributed by atoms with Crippen molar-refractivity contribution in [2.24, 2.45) is 0 Å². The molecule has 0 saturated heterocycles. The van der Waals surface area contributed by atoms with E-state index < -0.39 is 5.97 Å². The van der Waals surface area contributed by atoms with Crippen molar-refractivity contribution in [1.82, 2.24) is 4.98 Å². The maximum Gasteiger partial charge on any atom is 0.307 e. The number of hydrogen-bond acceptors (Lipinski definition) is 4. The molecule has 0 aliphatic carbocycles. The molecule has 4 nitrogen and oxygen atoms in total. The van der Waals surface area contributed by atoms with Crippen LogP contribution >= 0.6 is 11.3 Å². The minimum Gasteiger partial charge on any atom is -0.489 e. The molecule has 5 heteroatoms. The number of benzene rings is 1. The molecule has 0 saturated carbocycles. The van der Waals surface area contributed by atoms with Gasteiger partial charge in [-0.25, -0.2) is 0 Å². The van der Waals surface area contributed by atoms with Crippen molar-refractivity contribution < 1.29 is 14.6 Å². The second-order valence-electron chi connectivity index (χ2n) is 5.93. The molecule has 0 amide bonds. The van der Waals surface area contributed by atoms with Crippen LogP contribution < -0.4 is 4.74 Å². The van der Waals surface area contributed by atoms with Gasteiger partial charge in [-0.05, 0) is 60.9 Å². The highest BCUT2D eigenvalue weighted by Gasteiger charge is 2.12. The van der Waals surface area contributed by atoms with Crippen molar-refractivity contribution in [2.75, 3.05) is 0 Å². The van der Waals surface area contributed by atoms with Gasteiger partial charge in [-0.15, -0.1) is 11.3 Å². The van der Waals surface area contributed by atoms with E-state index in [4.69, 9.17) is 9.84 Å². The second-order valence-corrected chi connectivity index (χ2v) is 6.84. The molecular formula is C19H19NO3S. The molecule has 0 radical (unpaired) electrons. The number of nitrogens with zero attached hydrogens (tertiary/aromatic N) is 1. The largest absolute Gasteiger partial charge is 0.489 e. The molecule has 3 aromatic rings. The van der Waals surface area contributed by atoms with Crippen molar-refractivity contribution in [2.45, 2.75) is 33.8 Å². The van der Waals surface area contributed by atoms with Crippen LogP contribution in [0.4, 0.5) is 0 Å². The average molecular weight is 341 g/mol. The summed E-state index contributed by atoms with van der Waals surface area (Å²) in [6.45, 7) is 6.42. The lowest BCUT2D eigenvalue weighted by Gasteiger charge is -2.10. The Hall–Kier alpha value is -2.40. The van der Waals surface area contributed by atoms with E-state index in [1.165, 1.54) is 0 Å². The van der Waals surface area contributed by atoms with Crippen molar-refractivity contribution >= 4 is 27.4 Å². The summed E-state index contributed by atoms with van der Waals surface area (Å²) in [5.41, 5.74) is 4.95. The molecule has 0 aliphatic heterocycles. The van der Waals surface area contributed by atoms with E-state index in [9.17, 15) is 4.79 Å². The number of hydrogen-bond donors (Lipinski definition) is 1. The molecular weight excluding hydrogens is 322 g/mol. The van der Waals surface area contributed by atoms with Gasteiger partial charge < -0.3 is 9.84 Å². The molecule has 1 N–H and O–H groups in total. The maximum atomic E-state index is 11.0. The molecule has 0 aliphatic rings. The molecule has 2 heterocycles. The van der Waals surface area contributed by atoms with Gasteiger partial charge in [0.1, 0.15) is 12.4 Å². The Morgan fingerprint density at radius 3 is 2.71 bits per heavy atom. The van der Waals surface area contributed by atoms with Crippen molar-refractivity contribution in [3.63, 3.8) is 0 Å². The second kappa shape index (κ2) is 6.61. The van der Waals surface area contributed by atoms with Crippen LogP contribution in [0.3, 0.4) is 0 Å². The van der Waals surface area contributed by atoms with E-state index in [2.05, 4.69) is 4.98 Å². The summed E-state index contributed by atoms with van der Waals surface area (Å²) in [4.78, 5) is 15.4. The fourth-order valence-corrected chi connectivity index (χ4v) is 3.89. The maximum absolute atomic E-state index is 11.0. The van der Waals surface area contributed by atoms with Gasteiger partial charge in [0, 0.05) is 21.7 Å². The van der Waals surface area contributed by atoms with E-state index in [-0.39, 0.29) is 6.42 Å². The Balaban J connectivity index is 1.84. The van der Waals surface area contributed by atoms with Crippen LogP contribution in [0.1, 0.15) is 28.1 Å². The molecule has 3 rings (SSSR count). The van der Waals surface area contributed by atoms with Crippen molar-refractivity contribution in [3.8, 4) is 5.75 Å². The minimum atomic E-state index is -0.809. The van der Waals surface area contributed by atoms with Gasteiger partial charge in [-0.1, -0.05) is 6.07 Å². The van der Waals surface area contributed by atoms with Gasteiger partial charge in [0.15, 0.2) is 0 Å². The Kier molecular flexibility index (Phi) is 4.53. The van der Waals surface area contributed by atoms with E-state index in [0.29, 0.717) is 6.61 Å². The number of aliphatic carboxylic acids is 1. The predicted molar refractivity (Wildman–Crippen MR) is 95.9 cm³/mol. The number of ether oxygens (including phenoxy) is 1. The fraction of sp³-hybridized carbons (Fsp3) is 0.263. The first kappa shape index (κ1) is 16.5. The number of pyridine rings is 1. The number of fused-ring (bicyclic) bond motifs is 1. The number of aryl methyl sites for hydroxylation is 3. The quantitative estimate of drug-likeness (QED) is 0.746. The van der Waals surface area contributed by atoms with E-state index in [1.807, 2.05) is 50.4 Å². The van der Waals surface area contributed by atoms with Gasteiger partial charge in [0.25, 0.3) is 0 Å². The Bertz CT molecular complexity index is 914. The van der Waals surface area contributed by atoms with Crippen LogP contribution in [-0.2, 0) is 17.8 Å². The number of carboxylic acid groups (broad SMARTS) is 1. The zero-order chi connectivity index (χ0) is 17.3. The number of carbonyl (C=O) groups is 1. The lowest BCUT2D eigenvalue weighted by atomic mass is 10.1. The molecule has 2 aromatic heterocycles. The first-order valence-corrected chi connectivity index (χ1v) is 8.60. The fourth-order valence-electron chi connectivity index (χ4n) is 2.83. The molecule has 0 atom stereocenters. The predicted octanol–water partition coefficient (Wildman–Crippen LogP) is 4.43. The van der Waals surface area contributed by atoms with Crippen LogP contribution in [0.2, 0.25) is 0 Å². The van der Waals surface area contributed by atoms with E-state index in [0.717, 1.165) is 43.9 Å². The first-order chi connectivity index (χ1) is 11.4. The summed E-state index contributed by atoms with van der Waals surface area (Å²) in [5.74, 6) is -0.0135. The number of rotatable bonds is 5. The highest BCUT2D eigenvalue weighted by atomic mass is 32.1. The monoisotopic (exact) mass is 341 g/mol. The average Bonchev–Trinajstić information content (AvgIpc) is 2.89. The van der Waals surface area contributed by atoms with Gasteiger partial charge in [0.2, 0.25) is 0 Å². The summed E-state index contributed by atoms with van der Waals surface area (Å²) in [5, 5.41) is 12.0. The smallest absolute Gasteiger partial charge is 0.307 e. The Labute approximate surface area is 144 Å². The topological polar surface area (TPSA) is 59.4 Å². The summed E-state index contributed by atoms with van der Waals surface area (Å²) < 4.78 is 7.00. The van der Waals surface area contributed by atoms with Crippen LogP contribution in [0.15, 0.2) is 29.6 Å². The van der Waals surface area contributed by atoms with Crippen LogP contribution in [0.25, 0.3) is 10.1 Å². The number of thiophene rings is 1. The zero-order valence-corrected chi connectivity index (χ0v) is 14.7. The zero-order valence-electron chi connectivity index (χ0n) is 13.9. The number of carboxylic acids is 1. The molecule has 0 spiro atoms. The number of aromatic nitrogens is 1. The normalized spacial score (nSPS) is 11.0. The molecule has 0 bridgehead atoms. The van der Waals surface area contributed by atoms with E-state index >= 15 is 0 Å². The molecule has 124 valence electrons. The van der Waals surface area contributed by atoms with Gasteiger partial charge in [0.05, 0.1) is 6.42 Å². The lowest BCUT2D eigenvalue weighted by Crippen LogP contribution is -2.01. The Morgan fingerprint density at radius 2 is 2.00 bits per heavy atom. The summed E-state index contributed by atoms with van der Waals surface area (Å²) >= 11 is 1.56. The highest BCUT2D eigenvalue weighted by molar-refractivity contribution is 7.17. The van der Waals surface area contributed by atoms with Crippen LogP contribution in [-0.4, -0.2) is 16.1 Å². The lowest BCUT2D eigenvalue weighted by molar-refractivity contribution is -0.136. The Morgan fingerprint density at radius 1 is 1.21 bits per heavy atom. The molecule has 0 fully saturated rings. The third kappa shape index (κ3) is 3.41. The SMILES string of the molecule is Cc1ccc(COc2cc(C)c3c(CC(=O)O)csc3c2)c(C)n1. The van der Waals surface area contributed by atoms with Gasteiger partial charge in [-0.3, -0.25) is 9.78 Å². The first-order valence-electron chi connectivity index (χ1n) is 7.72. The van der Waals surface area contributed by atoms with Crippen molar-refractivity contribution in [1.29, 1.82) is 0 Å². The van der Waals surface area contributed by atoms with Crippen molar-refractivity contribution in [3.05, 3.63) is 57.7 Å². The third-order valence-electron chi connectivity index (χ3n) is 3.99. The van der Waals surface area contributed by atoms with Crippen LogP contribution in [0, 0.1) is 20.8 Å². The molecule has 24 heavy (non-hydrogen) atoms. The summed E-state index contributed by atoms with van der Waals surface area (Å²) in [7, 11) is 0. The van der Waals surface area contributed by atoms with Gasteiger partial charge >= 0.3 is 5.97 Å².